The molecule has 2 fully saturated rings. The molecule has 2 aliphatic heterocycles. The second kappa shape index (κ2) is 2.67. The van der Waals surface area contributed by atoms with E-state index in [1.807, 2.05) is 0 Å². The molecule has 18 heavy (non-hydrogen) atoms. The van der Waals surface area contributed by atoms with Crippen molar-refractivity contribution in [2.24, 2.45) is 0 Å². The van der Waals surface area contributed by atoms with Gasteiger partial charge in [0.05, 0.1) is 6.61 Å². The van der Waals surface area contributed by atoms with Crippen LogP contribution in [0.1, 0.15) is 38.8 Å². The fourth-order valence-electron chi connectivity index (χ4n) is 3.81. The van der Waals surface area contributed by atoms with E-state index in [1.54, 1.807) is 0 Å². The largest absolute Gasteiger partial charge is 0.353 e. The number of rotatable bonds is 0. The molecule has 3 aliphatic rings. The highest BCUT2D eigenvalue weighted by molar-refractivity contribution is 5.54. The van der Waals surface area contributed by atoms with Gasteiger partial charge in [-0.25, -0.2) is 0 Å². The number of ether oxygens (including phenoxy) is 2. The van der Waals surface area contributed by atoms with Gasteiger partial charge in [-0.05, 0) is 33.3 Å². The Hall–Kier alpha value is -0.900. The van der Waals surface area contributed by atoms with Gasteiger partial charge in [-0.2, -0.15) is 0 Å². The third kappa shape index (κ3) is 0.921. The Labute approximate surface area is 107 Å². The number of benzene rings is 1. The van der Waals surface area contributed by atoms with Gasteiger partial charge in [-0.3, -0.25) is 5.32 Å². The highest BCUT2D eigenvalue weighted by Crippen LogP contribution is 2.71. The smallest absolute Gasteiger partial charge is 0.178 e. The summed E-state index contributed by atoms with van der Waals surface area (Å²) in [6.07, 6.45) is 0. The second-order valence-corrected chi connectivity index (χ2v) is 6.69. The van der Waals surface area contributed by atoms with Crippen LogP contribution in [0.3, 0.4) is 0 Å². The van der Waals surface area contributed by atoms with Crippen LogP contribution in [0.2, 0.25) is 0 Å². The first-order valence-electron chi connectivity index (χ1n) is 6.58. The Morgan fingerprint density at radius 3 is 2.33 bits per heavy atom. The van der Waals surface area contributed by atoms with Crippen molar-refractivity contribution in [3.05, 3.63) is 35.4 Å². The van der Waals surface area contributed by atoms with Crippen LogP contribution in [0, 0.1) is 0 Å². The van der Waals surface area contributed by atoms with Gasteiger partial charge in [0.2, 0.25) is 0 Å². The molecule has 0 unspecified atom stereocenters. The molecule has 1 N–H and O–H groups in total. The summed E-state index contributed by atoms with van der Waals surface area (Å²) in [5, 5.41) is 3.67. The van der Waals surface area contributed by atoms with Crippen LogP contribution >= 0.6 is 0 Å². The van der Waals surface area contributed by atoms with Crippen molar-refractivity contribution in [2.75, 3.05) is 6.61 Å². The standard InChI is InChI=1S/C15H19NO2/c1-12(2)9-17-15(16-12)11-8-6-5-7-10(11)13(3)14(15,4)18-13/h5-8,16H,9H2,1-4H3/t13-,14-,15-/m1/s1. The van der Waals surface area contributed by atoms with E-state index in [0.29, 0.717) is 6.61 Å². The lowest BCUT2D eigenvalue weighted by Gasteiger charge is -2.32. The Morgan fingerprint density at radius 2 is 1.72 bits per heavy atom. The summed E-state index contributed by atoms with van der Waals surface area (Å²) in [5.41, 5.74) is 1.49. The van der Waals surface area contributed by atoms with Crippen molar-refractivity contribution >= 4 is 0 Å². The van der Waals surface area contributed by atoms with E-state index < -0.39 is 5.72 Å². The molecule has 1 spiro atoms. The molecule has 4 rings (SSSR count). The fraction of sp³-hybridized carbons (Fsp3) is 0.600. The molecule has 3 heteroatoms. The van der Waals surface area contributed by atoms with Crippen molar-refractivity contribution in [1.82, 2.24) is 5.32 Å². The quantitative estimate of drug-likeness (QED) is 0.712. The van der Waals surface area contributed by atoms with Gasteiger partial charge in [0.25, 0.3) is 0 Å². The van der Waals surface area contributed by atoms with Crippen LogP contribution in [0.5, 0.6) is 0 Å². The summed E-state index contributed by atoms with van der Waals surface area (Å²) in [7, 11) is 0. The van der Waals surface area contributed by atoms with Crippen molar-refractivity contribution in [1.29, 1.82) is 0 Å². The Morgan fingerprint density at radius 1 is 1.06 bits per heavy atom. The zero-order valence-corrected chi connectivity index (χ0v) is 11.3. The Kier molecular flexibility index (Phi) is 1.63. The average molecular weight is 245 g/mol. The van der Waals surface area contributed by atoms with Crippen LogP contribution < -0.4 is 5.32 Å². The SMILES string of the molecule is CC1(C)CO[C@]2(N1)c1ccccc1[C@@]1(C)O[C@]12C. The molecule has 96 valence electrons. The normalized spacial score (nSPS) is 47.1. The number of hydrogen-bond donors (Lipinski definition) is 1. The minimum absolute atomic E-state index is 0.0205. The Bertz CT molecular complexity index is 555. The van der Waals surface area contributed by atoms with Crippen molar-refractivity contribution < 1.29 is 9.47 Å². The molecular weight excluding hydrogens is 226 g/mol. The molecule has 0 aromatic heterocycles. The van der Waals surface area contributed by atoms with E-state index in [0.717, 1.165) is 0 Å². The molecule has 0 radical (unpaired) electrons. The summed E-state index contributed by atoms with van der Waals surface area (Å²) in [6.45, 7) is 9.37. The van der Waals surface area contributed by atoms with Gasteiger partial charge < -0.3 is 9.47 Å². The van der Waals surface area contributed by atoms with Gasteiger partial charge in [-0.1, -0.05) is 24.3 Å². The van der Waals surface area contributed by atoms with Crippen LogP contribution in [-0.4, -0.2) is 17.7 Å². The molecule has 1 aromatic carbocycles. The van der Waals surface area contributed by atoms with Crippen molar-refractivity contribution in [2.45, 2.75) is 50.2 Å². The van der Waals surface area contributed by atoms with E-state index >= 15 is 0 Å². The topological polar surface area (TPSA) is 33.8 Å². The van der Waals surface area contributed by atoms with E-state index in [4.69, 9.17) is 9.47 Å². The highest BCUT2D eigenvalue weighted by atomic mass is 16.7. The predicted molar refractivity (Wildman–Crippen MR) is 68.1 cm³/mol. The molecule has 3 nitrogen and oxygen atoms in total. The van der Waals surface area contributed by atoms with Crippen LogP contribution in [-0.2, 0) is 20.8 Å². The third-order valence-electron chi connectivity index (χ3n) is 4.93. The summed E-state index contributed by atoms with van der Waals surface area (Å²) in [5.74, 6) is 0. The van der Waals surface area contributed by atoms with E-state index in [2.05, 4.69) is 57.3 Å². The molecule has 2 saturated heterocycles. The minimum Gasteiger partial charge on any atom is -0.353 e. The molecule has 1 aliphatic carbocycles. The zero-order valence-electron chi connectivity index (χ0n) is 11.3. The monoisotopic (exact) mass is 245 g/mol. The number of epoxide rings is 1. The number of fused-ring (bicyclic) bond motifs is 5. The molecule has 1 aromatic rings. The molecule has 0 saturated carbocycles. The molecular formula is C15H19NO2. The van der Waals surface area contributed by atoms with Gasteiger partial charge >= 0.3 is 0 Å². The number of nitrogens with one attached hydrogen (secondary N) is 1. The maximum Gasteiger partial charge on any atom is 0.178 e. The van der Waals surface area contributed by atoms with E-state index in [9.17, 15) is 0 Å². The maximum absolute atomic E-state index is 6.23. The Balaban J connectivity index is 1.96. The van der Waals surface area contributed by atoms with Crippen molar-refractivity contribution in [3.63, 3.8) is 0 Å². The van der Waals surface area contributed by atoms with Crippen LogP contribution in [0.4, 0.5) is 0 Å². The lowest BCUT2D eigenvalue weighted by Crippen LogP contribution is -2.53. The minimum atomic E-state index is -0.484. The lowest BCUT2D eigenvalue weighted by atomic mass is 9.91. The molecule has 0 bridgehead atoms. The maximum atomic E-state index is 6.23. The van der Waals surface area contributed by atoms with Gasteiger partial charge in [0.1, 0.15) is 11.2 Å². The van der Waals surface area contributed by atoms with E-state index in [-0.39, 0.29) is 16.7 Å². The first kappa shape index (κ1) is 11.0. The van der Waals surface area contributed by atoms with Gasteiger partial charge in [0.15, 0.2) is 5.72 Å². The highest BCUT2D eigenvalue weighted by Gasteiger charge is 2.83. The van der Waals surface area contributed by atoms with Crippen LogP contribution in [0.25, 0.3) is 0 Å². The molecule has 0 amide bonds. The third-order valence-corrected chi connectivity index (χ3v) is 4.93. The van der Waals surface area contributed by atoms with Gasteiger partial charge in [-0.15, -0.1) is 0 Å². The average Bonchev–Trinajstić information content (AvgIpc) is 2.68. The first-order valence-corrected chi connectivity index (χ1v) is 6.58. The fourth-order valence-corrected chi connectivity index (χ4v) is 3.81. The summed E-state index contributed by atoms with van der Waals surface area (Å²) in [6, 6.07) is 8.47. The van der Waals surface area contributed by atoms with Crippen LogP contribution in [0.15, 0.2) is 24.3 Å². The zero-order chi connectivity index (χ0) is 12.8. The predicted octanol–water partition coefficient (Wildman–Crippen LogP) is 2.26. The summed E-state index contributed by atoms with van der Waals surface area (Å²) < 4.78 is 12.3. The van der Waals surface area contributed by atoms with Crippen molar-refractivity contribution in [3.8, 4) is 0 Å². The number of hydrogen-bond acceptors (Lipinski definition) is 3. The molecule has 2 heterocycles. The summed E-state index contributed by atoms with van der Waals surface area (Å²) in [4.78, 5) is 0. The van der Waals surface area contributed by atoms with Gasteiger partial charge in [0, 0.05) is 11.1 Å². The first-order chi connectivity index (χ1) is 8.35. The summed E-state index contributed by atoms with van der Waals surface area (Å²) >= 11 is 0. The molecule has 3 atom stereocenters. The second-order valence-electron chi connectivity index (χ2n) is 6.69. The lowest BCUT2D eigenvalue weighted by molar-refractivity contribution is -0.0718. The van der Waals surface area contributed by atoms with E-state index in [1.165, 1.54) is 11.1 Å².